The fraction of sp³-hybridized carbons (Fsp3) is 0.294. The molecular weight excluding hydrogens is 324 g/mol. The number of benzene rings is 1. The molecule has 0 aliphatic rings. The standard InChI is InChI=1S/C17H20N4O4/c1-11-14(12(2)20-19-11)7-8-16(22)21-18-9-13-5-3-4-6-15(13)25-10-17(23)24/h3-6,9H,7-8,10H2,1-2H3,(H,19,20)(H,21,22)(H,23,24)/b18-9-. The maximum atomic E-state index is 11.9. The number of carboxylic acid groups (broad SMARTS) is 1. The fourth-order valence-electron chi connectivity index (χ4n) is 2.27. The lowest BCUT2D eigenvalue weighted by Gasteiger charge is -2.06. The van der Waals surface area contributed by atoms with Gasteiger partial charge >= 0.3 is 5.97 Å². The molecule has 3 N–H and O–H groups in total. The zero-order chi connectivity index (χ0) is 18.2. The van der Waals surface area contributed by atoms with Gasteiger partial charge in [0, 0.05) is 17.7 Å². The highest BCUT2D eigenvalue weighted by molar-refractivity contribution is 5.85. The number of para-hydroxylation sites is 1. The molecule has 2 rings (SSSR count). The van der Waals surface area contributed by atoms with E-state index in [2.05, 4.69) is 20.7 Å². The number of carboxylic acids is 1. The molecule has 8 nitrogen and oxygen atoms in total. The minimum atomic E-state index is -1.06. The number of H-pyrrole nitrogens is 1. The molecule has 25 heavy (non-hydrogen) atoms. The van der Waals surface area contributed by atoms with Crippen molar-refractivity contribution in [2.24, 2.45) is 5.10 Å². The third-order valence-corrected chi connectivity index (χ3v) is 3.55. The number of hydrazone groups is 1. The van der Waals surface area contributed by atoms with Gasteiger partial charge in [0.1, 0.15) is 5.75 Å². The molecule has 2 aromatic rings. The molecule has 132 valence electrons. The Labute approximate surface area is 144 Å². The quantitative estimate of drug-likeness (QED) is 0.496. The average Bonchev–Trinajstić information content (AvgIpc) is 2.90. The number of rotatable bonds is 8. The summed E-state index contributed by atoms with van der Waals surface area (Å²) in [6, 6.07) is 6.84. The smallest absolute Gasteiger partial charge is 0.341 e. The van der Waals surface area contributed by atoms with Crippen molar-refractivity contribution in [3.8, 4) is 5.75 Å². The second-order valence-electron chi connectivity index (χ2n) is 5.43. The summed E-state index contributed by atoms with van der Waals surface area (Å²) in [5.74, 6) is -0.905. The van der Waals surface area contributed by atoms with Crippen molar-refractivity contribution in [2.45, 2.75) is 26.7 Å². The summed E-state index contributed by atoms with van der Waals surface area (Å²) in [5.41, 5.74) is 5.91. The largest absolute Gasteiger partial charge is 0.481 e. The second kappa shape index (κ2) is 8.62. The Bertz CT molecular complexity index is 763. The van der Waals surface area contributed by atoms with Crippen LogP contribution < -0.4 is 10.2 Å². The zero-order valence-electron chi connectivity index (χ0n) is 14.1. The van der Waals surface area contributed by atoms with Crippen LogP contribution in [0, 0.1) is 13.8 Å². The lowest BCUT2D eigenvalue weighted by Crippen LogP contribution is -2.18. The summed E-state index contributed by atoms with van der Waals surface area (Å²) in [5, 5.41) is 19.5. The lowest BCUT2D eigenvalue weighted by atomic mass is 10.1. The molecule has 0 fully saturated rings. The Hall–Kier alpha value is -3.16. The number of aryl methyl sites for hydroxylation is 2. The van der Waals surface area contributed by atoms with E-state index in [4.69, 9.17) is 9.84 Å². The normalized spacial score (nSPS) is 10.8. The van der Waals surface area contributed by atoms with Crippen molar-refractivity contribution in [3.63, 3.8) is 0 Å². The predicted octanol–water partition coefficient (Wildman–Crippen LogP) is 1.57. The number of aliphatic carboxylic acids is 1. The molecule has 0 atom stereocenters. The Morgan fingerprint density at radius 1 is 1.36 bits per heavy atom. The van der Waals surface area contributed by atoms with Crippen molar-refractivity contribution in [2.75, 3.05) is 6.61 Å². The van der Waals surface area contributed by atoms with Gasteiger partial charge in [-0.3, -0.25) is 9.89 Å². The number of aromatic amines is 1. The van der Waals surface area contributed by atoms with Crippen molar-refractivity contribution >= 4 is 18.1 Å². The number of hydrogen-bond acceptors (Lipinski definition) is 5. The monoisotopic (exact) mass is 344 g/mol. The van der Waals surface area contributed by atoms with Crippen LogP contribution in [-0.2, 0) is 16.0 Å². The van der Waals surface area contributed by atoms with Gasteiger partial charge in [-0.1, -0.05) is 12.1 Å². The molecule has 0 bridgehead atoms. The fourth-order valence-corrected chi connectivity index (χ4v) is 2.27. The third kappa shape index (κ3) is 5.45. The van der Waals surface area contributed by atoms with Gasteiger partial charge in [-0.15, -0.1) is 0 Å². The first-order valence-corrected chi connectivity index (χ1v) is 7.73. The number of nitrogens with one attached hydrogen (secondary N) is 2. The van der Waals surface area contributed by atoms with Crippen LogP contribution in [0.25, 0.3) is 0 Å². The van der Waals surface area contributed by atoms with E-state index in [1.54, 1.807) is 24.3 Å². The van der Waals surface area contributed by atoms with Crippen LogP contribution in [0.1, 0.15) is 28.9 Å². The first kappa shape index (κ1) is 18.2. The van der Waals surface area contributed by atoms with E-state index in [1.807, 2.05) is 13.8 Å². The zero-order valence-corrected chi connectivity index (χ0v) is 14.1. The van der Waals surface area contributed by atoms with E-state index in [9.17, 15) is 9.59 Å². The highest BCUT2D eigenvalue weighted by Gasteiger charge is 2.09. The number of carbonyl (C=O) groups is 2. The molecule has 0 spiro atoms. The van der Waals surface area contributed by atoms with Crippen LogP contribution in [0.2, 0.25) is 0 Å². The van der Waals surface area contributed by atoms with Crippen molar-refractivity contribution in [1.29, 1.82) is 0 Å². The van der Waals surface area contributed by atoms with E-state index in [1.165, 1.54) is 6.21 Å². The molecule has 1 aromatic heterocycles. The van der Waals surface area contributed by atoms with Gasteiger partial charge in [0.05, 0.1) is 11.9 Å². The first-order valence-electron chi connectivity index (χ1n) is 7.73. The molecule has 0 unspecified atom stereocenters. The van der Waals surface area contributed by atoms with Crippen LogP contribution in [0.15, 0.2) is 29.4 Å². The van der Waals surface area contributed by atoms with Gasteiger partial charge in [-0.25, -0.2) is 10.2 Å². The summed E-state index contributed by atoms with van der Waals surface area (Å²) in [4.78, 5) is 22.5. The summed E-state index contributed by atoms with van der Waals surface area (Å²) in [7, 11) is 0. The lowest BCUT2D eigenvalue weighted by molar-refractivity contribution is -0.139. The summed E-state index contributed by atoms with van der Waals surface area (Å²) < 4.78 is 5.16. The summed E-state index contributed by atoms with van der Waals surface area (Å²) >= 11 is 0. The Morgan fingerprint density at radius 3 is 2.80 bits per heavy atom. The molecule has 1 heterocycles. The van der Waals surface area contributed by atoms with E-state index >= 15 is 0 Å². The average molecular weight is 344 g/mol. The Morgan fingerprint density at radius 2 is 2.12 bits per heavy atom. The van der Waals surface area contributed by atoms with Gasteiger partial charge in [0.15, 0.2) is 6.61 Å². The number of hydrogen-bond donors (Lipinski definition) is 3. The van der Waals surface area contributed by atoms with Gasteiger partial charge in [-0.2, -0.15) is 10.2 Å². The maximum Gasteiger partial charge on any atom is 0.341 e. The first-order chi connectivity index (χ1) is 12.0. The summed E-state index contributed by atoms with van der Waals surface area (Å²) in [6.45, 7) is 3.36. The van der Waals surface area contributed by atoms with Gasteiger partial charge in [0.25, 0.3) is 0 Å². The topological polar surface area (TPSA) is 117 Å². The Kier molecular flexibility index (Phi) is 6.27. The van der Waals surface area contributed by atoms with E-state index in [0.717, 1.165) is 17.0 Å². The number of amides is 1. The van der Waals surface area contributed by atoms with Crippen LogP contribution in [0.3, 0.4) is 0 Å². The maximum absolute atomic E-state index is 11.9. The molecular formula is C17H20N4O4. The molecule has 0 aliphatic heterocycles. The van der Waals surface area contributed by atoms with Crippen LogP contribution in [-0.4, -0.2) is 40.0 Å². The van der Waals surface area contributed by atoms with Crippen LogP contribution in [0.5, 0.6) is 5.75 Å². The van der Waals surface area contributed by atoms with Crippen molar-refractivity contribution in [3.05, 3.63) is 46.8 Å². The molecule has 1 amide bonds. The van der Waals surface area contributed by atoms with Gasteiger partial charge in [-0.05, 0) is 38.0 Å². The van der Waals surface area contributed by atoms with E-state index in [0.29, 0.717) is 17.7 Å². The summed E-state index contributed by atoms with van der Waals surface area (Å²) in [6.07, 6.45) is 2.28. The van der Waals surface area contributed by atoms with Gasteiger partial charge in [0.2, 0.25) is 5.91 Å². The minimum absolute atomic E-state index is 0.222. The second-order valence-corrected chi connectivity index (χ2v) is 5.43. The van der Waals surface area contributed by atoms with Crippen molar-refractivity contribution in [1.82, 2.24) is 15.6 Å². The highest BCUT2D eigenvalue weighted by Crippen LogP contribution is 2.15. The molecule has 8 heteroatoms. The number of ether oxygens (including phenoxy) is 1. The molecule has 0 saturated heterocycles. The van der Waals surface area contributed by atoms with Crippen LogP contribution >= 0.6 is 0 Å². The molecule has 0 aliphatic carbocycles. The molecule has 1 aromatic carbocycles. The molecule has 0 saturated carbocycles. The Balaban J connectivity index is 1.88. The number of carbonyl (C=O) groups excluding carboxylic acids is 1. The van der Waals surface area contributed by atoms with Crippen LogP contribution in [0.4, 0.5) is 0 Å². The van der Waals surface area contributed by atoms with E-state index < -0.39 is 12.6 Å². The minimum Gasteiger partial charge on any atom is -0.481 e. The van der Waals surface area contributed by atoms with Gasteiger partial charge < -0.3 is 9.84 Å². The van der Waals surface area contributed by atoms with Crippen molar-refractivity contribution < 1.29 is 19.4 Å². The van der Waals surface area contributed by atoms with E-state index in [-0.39, 0.29) is 12.3 Å². The SMILES string of the molecule is Cc1n[nH]c(C)c1CCC(=O)N/N=C\c1ccccc1OCC(=O)O. The highest BCUT2D eigenvalue weighted by atomic mass is 16.5. The predicted molar refractivity (Wildman–Crippen MR) is 91.7 cm³/mol. The molecule has 0 radical (unpaired) electrons. The third-order valence-electron chi connectivity index (χ3n) is 3.55. The number of nitrogens with zero attached hydrogens (tertiary/aromatic N) is 2. The number of aromatic nitrogens is 2.